The highest BCUT2D eigenvalue weighted by Gasteiger charge is 2.30. The predicted molar refractivity (Wildman–Crippen MR) is 418 cm³/mol. The monoisotopic (exact) mass is 1490 g/mol. The van der Waals surface area contributed by atoms with Gasteiger partial charge in [-0.2, -0.15) is 0 Å². The molecule has 0 aliphatic rings. The van der Waals surface area contributed by atoms with Crippen LogP contribution in [0.5, 0.6) is 0 Å². The lowest BCUT2D eigenvalue weighted by molar-refractivity contribution is -0.161. The van der Waals surface area contributed by atoms with Crippen LogP contribution in [0.2, 0.25) is 0 Å². The lowest BCUT2D eigenvalue weighted by Crippen LogP contribution is -2.30. The van der Waals surface area contributed by atoms with Gasteiger partial charge >= 0.3 is 39.5 Å². The van der Waals surface area contributed by atoms with E-state index in [1.165, 1.54) is 225 Å². The molecule has 19 heteroatoms. The van der Waals surface area contributed by atoms with Crippen molar-refractivity contribution < 1.29 is 80.2 Å². The molecule has 0 saturated heterocycles. The van der Waals surface area contributed by atoms with Crippen LogP contribution in [0.15, 0.2) is 24.3 Å². The standard InChI is InChI=1S/C83H158O17P2/c1-6-10-13-16-19-22-24-26-28-31-36-39-43-47-52-57-62-67-81(86)94-73-79(100-83(88)69-64-59-54-49-45-41-37-33-30-29-32-35-38-42-46-50-55-60-65-76(5)9-4)75-98-102(91,92)96-71-77(84)70-95-101(89,90)97-74-78(72-93-80(85)66-61-56-51-21-18-15-12-8-3)99-82(87)68-63-58-53-48-44-40-34-27-25-23-20-17-14-11-7-2/h23,25,27,34,76-79,84H,6-22,24,26,28-33,35-75H2,1-5H3,(H,89,90)(H,91,92)/b25-23-,34-27-/t76?,77-,78+,79+/m0/s1. The van der Waals surface area contributed by atoms with Crippen molar-refractivity contribution in [1.29, 1.82) is 0 Å². The van der Waals surface area contributed by atoms with E-state index in [2.05, 4.69) is 58.9 Å². The first-order valence-corrected chi connectivity index (χ1v) is 45.5. The molecule has 3 N–H and O–H groups in total. The van der Waals surface area contributed by atoms with Gasteiger partial charge in [-0.1, -0.05) is 367 Å². The molecule has 0 rings (SSSR count). The summed E-state index contributed by atoms with van der Waals surface area (Å²) in [6, 6.07) is 0. The third kappa shape index (κ3) is 74.4. The number of esters is 4. The minimum Gasteiger partial charge on any atom is -0.462 e. The van der Waals surface area contributed by atoms with Crippen LogP contribution in [0.25, 0.3) is 0 Å². The average molecular weight is 1490 g/mol. The van der Waals surface area contributed by atoms with Gasteiger partial charge in [-0.25, -0.2) is 9.13 Å². The van der Waals surface area contributed by atoms with Crippen molar-refractivity contribution in [1.82, 2.24) is 0 Å². The van der Waals surface area contributed by atoms with Gasteiger partial charge in [0.25, 0.3) is 0 Å². The number of phosphoric ester groups is 2. The molecule has 0 saturated carbocycles. The first-order valence-electron chi connectivity index (χ1n) is 42.5. The molecule has 0 radical (unpaired) electrons. The Morgan fingerprint density at radius 1 is 0.314 bits per heavy atom. The Hall–Kier alpha value is -2.46. The molecule has 0 aromatic heterocycles. The second-order valence-corrected chi connectivity index (χ2v) is 32.3. The van der Waals surface area contributed by atoms with Gasteiger partial charge in [0.1, 0.15) is 19.3 Å². The fourth-order valence-electron chi connectivity index (χ4n) is 12.4. The van der Waals surface area contributed by atoms with Gasteiger partial charge in [0.15, 0.2) is 12.2 Å². The SMILES string of the molecule is CCCCCC/C=C\C=C/CCCCCCCC(=O)O[C@H](COC(=O)CCCCCCCCCC)COP(=O)(O)OC[C@H](O)COP(=O)(O)OC[C@@H](COC(=O)CCCCCCCCCCCCCCCCCCC)OC(=O)CCCCCCCCCCCCCCCCCCCCC(C)CC. The molecule has 3 unspecified atom stereocenters. The molecule has 0 amide bonds. The Labute approximate surface area is 624 Å². The quantitative estimate of drug-likeness (QED) is 0.0169. The van der Waals surface area contributed by atoms with Gasteiger partial charge in [-0.3, -0.25) is 37.3 Å². The summed E-state index contributed by atoms with van der Waals surface area (Å²) in [6.07, 6.45) is 70.3. The summed E-state index contributed by atoms with van der Waals surface area (Å²) in [5.41, 5.74) is 0. The lowest BCUT2D eigenvalue weighted by Gasteiger charge is -2.21. The second-order valence-electron chi connectivity index (χ2n) is 29.4. The van der Waals surface area contributed by atoms with Crippen molar-refractivity contribution in [3.05, 3.63) is 24.3 Å². The summed E-state index contributed by atoms with van der Waals surface area (Å²) in [7, 11) is -9.93. The van der Waals surface area contributed by atoms with Crippen LogP contribution in [0.4, 0.5) is 0 Å². The van der Waals surface area contributed by atoms with Gasteiger partial charge in [0, 0.05) is 25.7 Å². The third-order valence-electron chi connectivity index (χ3n) is 19.3. The number of carbonyl (C=O) groups is 4. The Kier molecular flexibility index (Phi) is 73.5. The zero-order valence-electron chi connectivity index (χ0n) is 66.2. The molecular weight excluding hydrogens is 1330 g/mol. The number of carbonyl (C=O) groups excluding carboxylic acids is 4. The highest BCUT2D eigenvalue weighted by molar-refractivity contribution is 7.47. The number of hydrogen-bond acceptors (Lipinski definition) is 15. The Morgan fingerprint density at radius 3 is 0.833 bits per heavy atom. The molecule has 6 atom stereocenters. The first-order chi connectivity index (χ1) is 49.6. The highest BCUT2D eigenvalue weighted by atomic mass is 31.2. The number of allylic oxidation sites excluding steroid dienone is 4. The maximum absolute atomic E-state index is 13.1. The van der Waals surface area contributed by atoms with Crippen molar-refractivity contribution in [3.8, 4) is 0 Å². The third-order valence-corrected chi connectivity index (χ3v) is 21.2. The van der Waals surface area contributed by atoms with E-state index in [-0.39, 0.29) is 25.7 Å². The molecule has 0 heterocycles. The zero-order valence-corrected chi connectivity index (χ0v) is 68.0. The summed E-state index contributed by atoms with van der Waals surface area (Å²) in [5.74, 6) is -1.27. The molecule has 0 spiro atoms. The maximum atomic E-state index is 13.1. The lowest BCUT2D eigenvalue weighted by atomic mass is 9.99. The molecule has 0 bridgehead atoms. The van der Waals surface area contributed by atoms with Crippen LogP contribution >= 0.6 is 15.6 Å². The van der Waals surface area contributed by atoms with Crippen LogP contribution in [0.1, 0.15) is 420 Å². The van der Waals surface area contributed by atoms with E-state index in [0.29, 0.717) is 25.7 Å². The number of aliphatic hydroxyl groups excluding tert-OH is 1. The van der Waals surface area contributed by atoms with E-state index in [4.69, 9.17) is 37.0 Å². The summed E-state index contributed by atoms with van der Waals surface area (Å²) >= 11 is 0. The number of rotatable bonds is 81. The smallest absolute Gasteiger partial charge is 0.462 e. The molecule has 0 aromatic carbocycles. The number of ether oxygens (including phenoxy) is 4. The van der Waals surface area contributed by atoms with Crippen molar-refractivity contribution in [2.45, 2.75) is 438 Å². The van der Waals surface area contributed by atoms with E-state index in [1.807, 2.05) is 0 Å². The summed E-state index contributed by atoms with van der Waals surface area (Å²) < 4.78 is 68.6. The number of hydrogen-bond donors (Lipinski definition) is 3. The van der Waals surface area contributed by atoms with Gasteiger partial charge in [0.05, 0.1) is 26.4 Å². The van der Waals surface area contributed by atoms with Crippen LogP contribution in [-0.4, -0.2) is 96.7 Å². The normalized spacial score (nSPS) is 14.2. The van der Waals surface area contributed by atoms with Crippen molar-refractivity contribution in [3.63, 3.8) is 0 Å². The highest BCUT2D eigenvalue weighted by Crippen LogP contribution is 2.45. The van der Waals surface area contributed by atoms with Crippen LogP contribution in [0, 0.1) is 5.92 Å². The average Bonchev–Trinajstić information content (AvgIpc) is 0.918. The molecule has 0 fully saturated rings. The Balaban J connectivity index is 5.21. The Morgan fingerprint density at radius 2 is 0.549 bits per heavy atom. The first kappa shape index (κ1) is 99.5. The van der Waals surface area contributed by atoms with Gasteiger partial charge < -0.3 is 33.8 Å². The van der Waals surface area contributed by atoms with E-state index in [0.717, 1.165) is 115 Å². The maximum Gasteiger partial charge on any atom is 0.472 e. The molecule has 0 aliphatic carbocycles. The van der Waals surface area contributed by atoms with Crippen molar-refractivity contribution >= 4 is 39.5 Å². The number of aliphatic hydroxyl groups is 1. The predicted octanol–water partition coefficient (Wildman–Crippen LogP) is 24.8. The fraction of sp³-hybridized carbons (Fsp3) is 0.904. The largest absolute Gasteiger partial charge is 0.472 e. The molecule has 102 heavy (non-hydrogen) atoms. The van der Waals surface area contributed by atoms with E-state index < -0.39 is 97.5 Å². The molecule has 17 nitrogen and oxygen atoms in total. The van der Waals surface area contributed by atoms with Gasteiger partial charge in [-0.15, -0.1) is 0 Å². The fourth-order valence-corrected chi connectivity index (χ4v) is 13.9. The minimum atomic E-state index is -4.97. The van der Waals surface area contributed by atoms with E-state index >= 15 is 0 Å². The minimum absolute atomic E-state index is 0.0853. The van der Waals surface area contributed by atoms with Crippen molar-refractivity contribution in [2.24, 2.45) is 5.92 Å². The van der Waals surface area contributed by atoms with Crippen LogP contribution < -0.4 is 0 Å². The Bertz CT molecular complexity index is 2040. The van der Waals surface area contributed by atoms with Crippen LogP contribution in [-0.2, 0) is 65.4 Å². The topological polar surface area (TPSA) is 237 Å². The summed E-state index contributed by atoms with van der Waals surface area (Å²) in [6.45, 7) is 7.31. The molecule has 0 aromatic rings. The van der Waals surface area contributed by atoms with Gasteiger partial charge in [-0.05, 0) is 57.3 Å². The van der Waals surface area contributed by atoms with Gasteiger partial charge in [0.2, 0.25) is 0 Å². The van der Waals surface area contributed by atoms with E-state index in [9.17, 15) is 43.2 Å². The second kappa shape index (κ2) is 75.4. The number of unbranched alkanes of at least 4 members (excludes halogenated alkanes) is 49. The summed E-state index contributed by atoms with van der Waals surface area (Å²) in [5, 5.41) is 10.6. The van der Waals surface area contributed by atoms with Crippen molar-refractivity contribution in [2.75, 3.05) is 39.6 Å². The van der Waals surface area contributed by atoms with Crippen LogP contribution in [0.3, 0.4) is 0 Å². The number of phosphoric acid groups is 2. The molecule has 0 aliphatic heterocycles. The van der Waals surface area contributed by atoms with E-state index in [1.54, 1.807) is 0 Å². The molecule has 602 valence electrons. The molecular formula is C83H158O17P2. The zero-order chi connectivity index (χ0) is 74.8. The summed E-state index contributed by atoms with van der Waals surface area (Å²) in [4.78, 5) is 73.0.